The fourth-order valence-electron chi connectivity index (χ4n) is 2.14. The van der Waals surface area contributed by atoms with Crippen molar-refractivity contribution in [2.75, 3.05) is 6.54 Å². The van der Waals surface area contributed by atoms with Crippen LogP contribution in [0.25, 0.3) is 0 Å². The van der Waals surface area contributed by atoms with Gasteiger partial charge in [-0.1, -0.05) is 48.7 Å². The number of rotatable bonds is 4. The Morgan fingerprint density at radius 3 is 2.69 bits per heavy atom. The van der Waals surface area contributed by atoms with Crippen molar-refractivity contribution in [3.8, 4) is 0 Å². The highest BCUT2D eigenvalue weighted by atomic mass is 35.5. The number of hydrogen-bond acceptors (Lipinski definition) is 1. The van der Waals surface area contributed by atoms with E-state index in [1.807, 2.05) is 18.2 Å². The van der Waals surface area contributed by atoms with Gasteiger partial charge in [-0.25, -0.2) is 0 Å². The molecule has 0 bridgehead atoms. The van der Waals surface area contributed by atoms with Gasteiger partial charge >= 0.3 is 0 Å². The summed E-state index contributed by atoms with van der Waals surface area (Å²) in [7, 11) is 0. The summed E-state index contributed by atoms with van der Waals surface area (Å²) in [6, 6.07) is 5.78. The lowest BCUT2D eigenvalue weighted by atomic mass is 9.70. The molecule has 1 aliphatic rings. The smallest absolute Gasteiger partial charge is 0.0637 e. The third-order valence-electron chi connectivity index (χ3n) is 3.46. The highest BCUT2D eigenvalue weighted by Gasteiger charge is 2.30. The Bertz CT molecular complexity index is 372. The van der Waals surface area contributed by atoms with Gasteiger partial charge in [-0.3, -0.25) is 0 Å². The lowest BCUT2D eigenvalue weighted by Crippen LogP contribution is -2.37. The number of benzene rings is 1. The van der Waals surface area contributed by atoms with Crippen LogP contribution in [0.2, 0.25) is 10.0 Å². The van der Waals surface area contributed by atoms with Gasteiger partial charge in [0.15, 0.2) is 0 Å². The van der Waals surface area contributed by atoms with Crippen LogP contribution in [0, 0.1) is 5.41 Å². The van der Waals surface area contributed by atoms with Gasteiger partial charge in [0.2, 0.25) is 0 Å². The third kappa shape index (κ3) is 2.71. The molecule has 16 heavy (non-hydrogen) atoms. The Kier molecular flexibility index (Phi) is 3.78. The van der Waals surface area contributed by atoms with Crippen LogP contribution >= 0.6 is 23.2 Å². The largest absolute Gasteiger partial charge is 0.312 e. The van der Waals surface area contributed by atoms with Crippen LogP contribution in [-0.4, -0.2) is 6.54 Å². The Labute approximate surface area is 107 Å². The molecule has 1 N–H and O–H groups in total. The molecule has 0 saturated heterocycles. The van der Waals surface area contributed by atoms with Crippen molar-refractivity contribution in [2.45, 2.75) is 32.7 Å². The van der Waals surface area contributed by atoms with Crippen molar-refractivity contribution >= 4 is 23.2 Å². The second-order valence-electron chi connectivity index (χ2n) is 4.98. The van der Waals surface area contributed by atoms with Crippen molar-refractivity contribution < 1.29 is 0 Å². The zero-order chi connectivity index (χ0) is 11.6. The fraction of sp³-hybridized carbons (Fsp3) is 0.538. The summed E-state index contributed by atoms with van der Waals surface area (Å²) in [4.78, 5) is 0. The van der Waals surface area contributed by atoms with E-state index in [1.54, 1.807) is 0 Å². The first kappa shape index (κ1) is 12.2. The minimum Gasteiger partial charge on any atom is -0.312 e. The van der Waals surface area contributed by atoms with Gasteiger partial charge in [0.25, 0.3) is 0 Å². The summed E-state index contributed by atoms with van der Waals surface area (Å²) in [6.45, 7) is 4.20. The second kappa shape index (κ2) is 4.95. The molecule has 0 aromatic heterocycles. The summed E-state index contributed by atoms with van der Waals surface area (Å²) >= 11 is 12.1. The van der Waals surface area contributed by atoms with Gasteiger partial charge < -0.3 is 5.32 Å². The quantitative estimate of drug-likeness (QED) is 0.850. The van der Waals surface area contributed by atoms with Gasteiger partial charge in [0.05, 0.1) is 10.0 Å². The average Bonchev–Trinajstić information content (AvgIpc) is 2.22. The van der Waals surface area contributed by atoms with Crippen LogP contribution in [0.4, 0.5) is 0 Å². The van der Waals surface area contributed by atoms with E-state index in [2.05, 4.69) is 12.2 Å². The summed E-state index contributed by atoms with van der Waals surface area (Å²) in [5.74, 6) is 0. The summed E-state index contributed by atoms with van der Waals surface area (Å²) in [5, 5.41) is 4.78. The van der Waals surface area contributed by atoms with Crippen LogP contribution < -0.4 is 5.32 Å². The van der Waals surface area contributed by atoms with Crippen molar-refractivity contribution in [3.63, 3.8) is 0 Å². The van der Waals surface area contributed by atoms with E-state index in [0.717, 1.165) is 18.7 Å². The van der Waals surface area contributed by atoms with E-state index >= 15 is 0 Å². The first-order chi connectivity index (χ1) is 7.61. The van der Waals surface area contributed by atoms with E-state index in [0.29, 0.717) is 15.5 Å². The average molecular weight is 258 g/mol. The number of halogens is 2. The maximum absolute atomic E-state index is 6.12. The van der Waals surface area contributed by atoms with Gasteiger partial charge in [-0.15, -0.1) is 0 Å². The van der Waals surface area contributed by atoms with Crippen molar-refractivity contribution in [1.29, 1.82) is 0 Å². The lowest BCUT2D eigenvalue weighted by molar-refractivity contribution is 0.156. The molecule has 3 heteroatoms. The van der Waals surface area contributed by atoms with E-state index < -0.39 is 0 Å². The molecule has 2 rings (SSSR count). The van der Waals surface area contributed by atoms with Crippen LogP contribution in [0.5, 0.6) is 0 Å². The van der Waals surface area contributed by atoms with Crippen LogP contribution in [0.15, 0.2) is 18.2 Å². The molecule has 0 unspecified atom stereocenters. The van der Waals surface area contributed by atoms with Gasteiger partial charge in [-0.05, 0) is 29.9 Å². The fourth-order valence-corrected chi connectivity index (χ4v) is 2.53. The van der Waals surface area contributed by atoms with E-state index in [4.69, 9.17) is 23.2 Å². The second-order valence-corrected chi connectivity index (χ2v) is 5.77. The maximum atomic E-state index is 6.12. The zero-order valence-corrected chi connectivity index (χ0v) is 11.0. The first-order valence-corrected chi connectivity index (χ1v) is 6.50. The molecule has 0 amide bonds. The summed E-state index contributed by atoms with van der Waals surface area (Å²) in [6.07, 6.45) is 4.04. The first-order valence-electron chi connectivity index (χ1n) is 5.74. The molecule has 1 saturated carbocycles. The van der Waals surface area contributed by atoms with E-state index in [-0.39, 0.29) is 0 Å². The predicted molar refractivity (Wildman–Crippen MR) is 70.1 cm³/mol. The minimum absolute atomic E-state index is 0.505. The van der Waals surface area contributed by atoms with Gasteiger partial charge in [0.1, 0.15) is 0 Å². The number of nitrogens with one attached hydrogen (secondary N) is 1. The molecule has 1 aromatic carbocycles. The standard InChI is InChI=1S/C13H17Cl2N/c1-13(6-3-7-13)9-16-8-10-4-2-5-11(14)12(10)15/h2,4-5,16H,3,6-9H2,1H3. The van der Waals surface area contributed by atoms with Gasteiger partial charge in [0, 0.05) is 13.1 Å². The Morgan fingerprint density at radius 2 is 2.06 bits per heavy atom. The molecule has 1 nitrogen and oxygen atoms in total. The molecule has 0 aliphatic heterocycles. The van der Waals surface area contributed by atoms with Crippen LogP contribution in [0.3, 0.4) is 0 Å². The Balaban J connectivity index is 1.87. The molecule has 0 heterocycles. The molecule has 1 aromatic rings. The molecule has 0 spiro atoms. The van der Waals surface area contributed by atoms with Crippen molar-refractivity contribution in [1.82, 2.24) is 5.32 Å². The molecular formula is C13H17Cl2N. The van der Waals surface area contributed by atoms with E-state index in [9.17, 15) is 0 Å². The summed E-state index contributed by atoms with van der Waals surface area (Å²) < 4.78 is 0. The monoisotopic (exact) mass is 257 g/mol. The molecular weight excluding hydrogens is 241 g/mol. The lowest BCUT2D eigenvalue weighted by Gasteiger charge is -2.38. The molecule has 0 radical (unpaired) electrons. The van der Waals surface area contributed by atoms with Crippen molar-refractivity contribution in [3.05, 3.63) is 33.8 Å². The van der Waals surface area contributed by atoms with Gasteiger partial charge in [-0.2, -0.15) is 0 Å². The number of hydrogen-bond donors (Lipinski definition) is 1. The predicted octanol–water partition coefficient (Wildman–Crippen LogP) is 4.27. The van der Waals surface area contributed by atoms with Crippen LogP contribution in [-0.2, 0) is 6.54 Å². The SMILES string of the molecule is CC1(CNCc2cccc(Cl)c2Cl)CCC1. The van der Waals surface area contributed by atoms with Crippen LogP contribution in [0.1, 0.15) is 31.7 Å². The highest BCUT2D eigenvalue weighted by Crippen LogP contribution is 2.39. The zero-order valence-electron chi connectivity index (χ0n) is 9.52. The third-order valence-corrected chi connectivity index (χ3v) is 4.32. The molecule has 1 aliphatic carbocycles. The highest BCUT2D eigenvalue weighted by molar-refractivity contribution is 6.42. The Hall–Kier alpha value is -0.240. The van der Waals surface area contributed by atoms with Crippen molar-refractivity contribution in [2.24, 2.45) is 5.41 Å². The molecule has 0 atom stereocenters. The normalized spacial score (nSPS) is 18.2. The Morgan fingerprint density at radius 1 is 1.31 bits per heavy atom. The minimum atomic E-state index is 0.505. The maximum Gasteiger partial charge on any atom is 0.0637 e. The van der Waals surface area contributed by atoms with E-state index in [1.165, 1.54) is 19.3 Å². The molecule has 88 valence electrons. The topological polar surface area (TPSA) is 12.0 Å². The summed E-state index contributed by atoms with van der Waals surface area (Å²) in [5.41, 5.74) is 1.59. The molecule has 1 fully saturated rings.